The molecule has 8 aromatic carbocycles. The van der Waals surface area contributed by atoms with Crippen molar-refractivity contribution in [2.24, 2.45) is 0 Å². The monoisotopic (exact) mass is 598 g/mol. The van der Waals surface area contributed by atoms with Gasteiger partial charge in [0.1, 0.15) is 16.9 Å². The van der Waals surface area contributed by atoms with Crippen LogP contribution in [0.5, 0.6) is 0 Å². The van der Waals surface area contributed by atoms with Crippen molar-refractivity contribution in [2.45, 2.75) is 0 Å². The largest absolute Gasteiger partial charge is 0.455 e. The van der Waals surface area contributed by atoms with Gasteiger partial charge in [0.2, 0.25) is 0 Å². The van der Waals surface area contributed by atoms with Crippen LogP contribution in [0.2, 0.25) is 0 Å². The number of hydrogen-bond donors (Lipinski definition) is 0. The van der Waals surface area contributed by atoms with Gasteiger partial charge in [0, 0.05) is 27.5 Å². The summed E-state index contributed by atoms with van der Waals surface area (Å²) in [7, 11) is 0. The Bertz CT molecular complexity index is 2780. The molecule has 0 radical (unpaired) electrons. The number of aromatic nitrogens is 2. The number of hydrogen-bond acceptors (Lipinski definition) is 3. The van der Waals surface area contributed by atoms with E-state index in [1.165, 1.54) is 21.5 Å². The van der Waals surface area contributed by atoms with Gasteiger partial charge in [-0.3, -0.25) is 0 Å². The minimum Gasteiger partial charge on any atom is -0.455 e. The lowest BCUT2D eigenvalue weighted by atomic mass is 9.90. The van der Waals surface area contributed by atoms with E-state index in [-0.39, 0.29) is 0 Å². The van der Waals surface area contributed by atoms with Gasteiger partial charge in [0.25, 0.3) is 0 Å². The molecule has 0 aliphatic carbocycles. The number of rotatable bonds is 4. The zero-order valence-corrected chi connectivity index (χ0v) is 25.3. The summed E-state index contributed by atoms with van der Waals surface area (Å²) < 4.78 is 7.08. The van der Waals surface area contributed by atoms with Gasteiger partial charge >= 0.3 is 0 Å². The molecule has 0 N–H and O–H groups in total. The topological polar surface area (TPSA) is 38.9 Å². The van der Waals surface area contributed by atoms with E-state index in [0.29, 0.717) is 0 Å². The average Bonchev–Trinajstić information content (AvgIpc) is 3.56. The van der Waals surface area contributed by atoms with E-state index in [2.05, 4.69) is 127 Å². The zero-order valence-electron chi connectivity index (χ0n) is 25.3. The molecule has 10 aromatic rings. The van der Waals surface area contributed by atoms with Crippen molar-refractivity contribution in [1.29, 1.82) is 0 Å². The van der Waals surface area contributed by atoms with Crippen LogP contribution in [0, 0.1) is 0 Å². The third-order valence-corrected chi connectivity index (χ3v) is 9.43. The molecular formula is C44H26N2O. The third kappa shape index (κ3) is 3.93. The average molecular weight is 599 g/mol. The highest BCUT2D eigenvalue weighted by atomic mass is 16.3. The second kappa shape index (κ2) is 10.1. The molecule has 0 saturated heterocycles. The minimum absolute atomic E-state index is 0.807. The first kappa shape index (κ1) is 26.0. The second-order valence-corrected chi connectivity index (χ2v) is 12.1. The number of benzene rings is 8. The zero-order chi connectivity index (χ0) is 30.9. The molecule has 47 heavy (non-hydrogen) atoms. The van der Waals surface area contributed by atoms with E-state index >= 15 is 0 Å². The van der Waals surface area contributed by atoms with Crippen molar-refractivity contribution in [2.75, 3.05) is 0 Å². The van der Waals surface area contributed by atoms with E-state index < -0.39 is 0 Å². The van der Waals surface area contributed by atoms with Crippen LogP contribution in [-0.4, -0.2) is 9.97 Å². The van der Waals surface area contributed by atoms with Crippen LogP contribution in [0.1, 0.15) is 0 Å². The Kier molecular flexibility index (Phi) is 5.57. The Balaban J connectivity index is 1.32. The molecule has 3 nitrogen and oxygen atoms in total. The third-order valence-electron chi connectivity index (χ3n) is 9.43. The lowest BCUT2D eigenvalue weighted by Crippen LogP contribution is -1.96. The molecule has 2 aromatic heterocycles. The van der Waals surface area contributed by atoms with Crippen LogP contribution in [0.25, 0.3) is 99.3 Å². The first-order valence-electron chi connectivity index (χ1n) is 15.9. The van der Waals surface area contributed by atoms with Crippen molar-refractivity contribution < 1.29 is 4.42 Å². The fourth-order valence-corrected chi connectivity index (χ4v) is 7.27. The van der Waals surface area contributed by atoms with Crippen molar-refractivity contribution in [1.82, 2.24) is 9.97 Å². The van der Waals surface area contributed by atoms with Gasteiger partial charge in [-0.15, -0.1) is 0 Å². The highest BCUT2D eigenvalue weighted by molar-refractivity contribution is 6.35. The molecule has 0 spiro atoms. The Morgan fingerprint density at radius 3 is 1.53 bits per heavy atom. The summed E-state index contributed by atoms with van der Waals surface area (Å²) in [5, 5.41) is 7.09. The molecule has 0 aliphatic heterocycles. The maximum absolute atomic E-state index is 7.08. The van der Waals surface area contributed by atoms with Crippen LogP contribution < -0.4 is 0 Å². The van der Waals surface area contributed by atoms with E-state index in [1.54, 1.807) is 0 Å². The van der Waals surface area contributed by atoms with Crippen molar-refractivity contribution in [3.05, 3.63) is 158 Å². The SMILES string of the molecule is c1ccc(-c2cccc(-c3nc4ccccc4nc3-c3ccc4c5ccccc5c5ccc(-c6ccccc6)c6oc3c4c65)c2)cc1. The fraction of sp³-hybridized carbons (Fsp3) is 0. The fourth-order valence-electron chi connectivity index (χ4n) is 7.27. The molecule has 10 rings (SSSR count). The molecule has 0 unspecified atom stereocenters. The van der Waals surface area contributed by atoms with Crippen LogP contribution in [0.4, 0.5) is 0 Å². The Labute approximate surface area is 270 Å². The van der Waals surface area contributed by atoms with E-state index in [0.717, 1.165) is 77.7 Å². The lowest BCUT2D eigenvalue weighted by Gasteiger charge is -2.13. The summed E-state index contributed by atoms with van der Waals surface area (Å²) in [6.45, 7) is 0. The minimum atomic E-state index is 0.807. The summed E-state index contributed by atoms with van der Waals surface area (Å²) in [4.78, 5) is 10.6. The summed E-state index contributed by atoms with van der Waals surface area (Å²) in [6, 6.07) is 55.2. The predicted molar refractivity (Wildman–Crippen MR) is 195 cm³/mol. The number of furan rings is 1. The normalized spacial score (nSPS) is 11.8. The molecule has 0 amide bonds. The number of para-hydroxylation sites is 2. The summed E-state index contributed by atoms with van der Waals surface area (Å²) in [6.07, 6.45) is 0. The smallest absolute Gasteiger partial charge is 0.145 e. The summed E-state index contributed by atoms with van der Waals surface area (Å²) in [5.41, 5.74) is 11.5. The van der Waals surface area contributed by atoms with E-state index in [1.807, 2.05) is 30.3 Å². The van der Waals surface area contributed by atoms with Gasteiger partial charge in [0.15, 0.2) is 0 Å². The van der Waals surface area contributed by atoms with E-state index in [9.17, 15) is 0 Å². The molecule has 0 fully saturated rings. The first-order valence-corrected chi connectivity index (χ1v) is 15.9. The quantitative estimate of drug-likeness (QED) is 0.189. The van der Waals surface area contributed by atoms with Crippen LogP contribution in [0.15, 0.2) is 162 Å². The molecular weight excluding hydrogens is 572 g/mol. The molecule has 3 heteroatoms. The van der Waals surface area contributed by atoms with Gasteiger partial charge in [-0.1, -0.05) is 127 Å². The molecule has 2 heterocycles. The molecule has 0 bridgehead atoms. The summed E-state index contributed by atoms with van der Waals surface area (Å²) in [5.74, 6) is 0. The number of nitrogens with zero attached hydrogens (tertiary/aromatic N) is 2. The molecule has 218 valence electrons. The summed E-state index contributed by atoms with van der Waals surface area (Å²) >= 11 is 0. The van der Waals surface area contributed by atoms with Crippen molar-refractivity contribution in [3.63, 3.8) is 0 Å². The number of fused-ring (bicyclic) bond motifs is 4. The van der Waals surface area contributed by atoms with Gasteiger partial charge in [-0.05, 0) is 68.6 Å². The maximum Gasteiger partial charge on any atom is 0.145 e. The van der Waals surface area contributed by atoms with Crippen LogP contribution in [-0.2, 0) is 0 Å². The Hall–Kier alpha value is -6.32. The molecule has 0 aliphatic rings. The Morgan fingerprint density at radius 2 is 0.851 bits per heavy atom. The van der Waals surface area contributed by atoms with Gasteiger partial charge in [0.05, 0.1) is 16.7 Å². The lowest BCUT2D eigenvalue weighted by molar-refractivity contribution is 0.671. The molecule has 0 saturated carbocycles. The van der Waals surface area contributed by atoms with Gasteiger partial charge < -0.3 is 4.42 Å². The first-order chi connectivity index (χ1) is 23.3. The van der Waals surface area contributed by atoms with Crippen LogP contribution in [0.3, 0.4) is 0 Å². The highest BCUT2D eigenvalue weighted by Crippen LogP contribution is 2.48. The van der Waals surface area contributed by atoms with Crippen LogP contribution >= 0.6 is 0 Å². The highest BCUT2D eigenvalue weighted by Gasteiger charge is 2.25. The van der Waals surface area contributed by atoms with E-state index in [4.69, 9.17) is 14.4 Å². The second-order valence-electron chi connectivity index (χ2n) is 12.1. The van der Waals surface area contributed by atoms with Gasteiger partial charge in [-0.25, -0.2) is 9.97 Å². The standard InChI is InChI=1S/C44H26N2O/c1-3-12-27(13-4-1)29-16-11-17-30(26-29)41-42(46-38-21-10-9-20-37(38)45-41)36-25-24-35-33-19-8-7-18-32(33)34-23-22-31(28-14-5-2-6-15-28)43-39(34)40(35)44(36)47-43/h1-26H. The Morgan fingerprint density at radius 1 is 0.340 bits per heavy atom. The van der Waals surface area contributed by atoms with Crippen molar-refractivity contribution in [3.8, 4) is 44.8 Å². The van der Waals surface area contributed by atoms with Crippen molar-refractivity contribution >= 4 is 54.5 Å². The van der Waals surface area contributed by atoms with Gasteiger partial charge in [-0.2, -0.15) is 0 Å². The maximum atomic E-state index is 7.08. The predicted octanol–water partition coefficient (Wildman–Crippen LogP) is 11.9. The molecule has 0 atom stereocenters.